The Morgan fingerprint density at radius 1 is 1.35 bits per heavy atom. The number of amides is 1. The highest BCUT2D eigenvalue weighted by Gasteiger charge is 2.18. The van der Waals surface area contributed by atoms with Gasteiger partial charge in [0.15, 0.2) is 11.6 Å². The van der Waals surface area contributed by atoms with Crippen LogP contribution in [0, 0.1) is 12.7 Å². The summed E-state index contributed by atoms with van der Waals surface area (Å²) >= 11 is 3.16. The number of halogens is 1. The molecule has 0 atom stereocenters. The molecule has 0 unspecified atom stereocenters. The number of thiophene rings is 1. The number of carbonyl (C=O) groups is 1. The van der Waals surface area contributed by atoms with Crippen molar-refractivity contribution >= 4 is 28.6 Å². The van der Waals surface area contributed by atoms with Crippen molar-refractivity contribution in [3.05, 3.63) is 57.0 Å². The molecule has 1 amide bonds. The lowest BCUT2D eigenvalue weighted by atomic mass is 10.2. The van der Waals surface area contributed by atoms with E-state index in [-0.39, 0.29) is 18.1 Å². The highest BCUT2D eigenvalue weighted by Crippen LogP contribution is 2.31. The Labute approximate surface area is 159 Å². The van der Waals surface area contributed by atoms with Crippen LogP contribution in [0.1, 0.15) is 15.4 Å². The molecule has 0 saturated heterocycles. The van der Waals surface area contributed by atoms with Gasteiger partial charge in [-0.3, -0.25) is 4.79 Å². The molecule has 0 aliphatic rings. The summed E-state index contributed by atoms with van der Waals surface area (Å²) in [6, 6.07) is 8.72. The molecule has 3 aromatic rings. The quantitative estimate of drug-likeness (QED) is 0.621. The second kappa shape index (κ2) is 7.97. The number of ether oxygens (including phenoxy) is 1. The van der Waals surface area contributed by atoms with Gasteiger partial charge in [-0.15, -0.1) is 22.7 Å². The second-order valence-corrected chi connectivity index (χ2v) is 8.11. The van der Waals surface area contributed by atoms with E-state index >= 15 is 0 Å². The van der Waals surface area contributed by atoms with Gasteiger partial charge < -0.3 is 9.64 Å². The number of benzene rings is 1. The number of rotatable bonds is 6. The molecule has 0 aliphatic heterocycles. The molecule has 136 valence electrons. The maximum atomic E-state index is 13.8. The number of carbonyl (C=O) groups excluding carboxylic acids is 1. The third-order valence-electron chi connectivity index (χ3n) is 3.93. The molecule has 0 aliphatic carbocycles. The third-order valence-corrected chi connectivity index (χ3v) is 5.78. The lowest BCUT2D eigenvalue weighted by Gasteiger charge is -2.17. The molecule has 0 spiro atoms. The number of thiazole rings is 1. The standard InChI is InChI=1S/C19H19FN2O2S2/c1-12-21-19(16-5-4-8-25-16)17(26-12)10-18(23)22(2)11-13-6-7-15(24-3)14(20)9-13/h4-9H,10-11H2,1-3H3. The summed E-state index contributed by atoms with van der Waals surface area (Å²) in [6.45, 7) is 2.28. The van der Waals surface area contributed by atoms with Gasteiger partial charge in [-0.2, -0.15) is 0 Å². The van der Waals surface area contributed by atoms with Gasteiger partial charge in [0.2, 0.25) is 5.91 Å². The van der Waals surface area contributed by atoms with Crippen LogP contribution in [0.4, 0.5) is 4.39 Å². The first kappa shape index (κ1) is 18.5. The number of aryl methyl sites for hydroxylation is 1. The van der Waals surface area contributed by atoms with E-state index in [1.165, 1.54) is 13.2 Å². The van der Waals surface area contributed by atoms with E-state index in [1.807, 2.05) is 24.4 Å². The summed E-state index contributed by atoms with van der Waals surface area (Å²) in [5.41, 5.74) is 1.61. The highest BCUT2D eigenvalue weighted by atomic mass is 32.1. The van der Waals surface area contributed by atoms with Gasteiger partial charge in [-0.05, 0) is 36.1 Å². The fourth-order valence-electron chi connectivity index (χ4n) is 2.64. The maximum Gasteiger partial charge on any atom is 0.227 e. The number of likely N-dealkylation sites (N-methyl/N-ethyl adjacent to an activating group) is 1. The summed E-state index contributed by atoms with van der Waals surface area (Å²) in [5, 5.41) is 2.94. The van der Waals surface area contributed by atoms with Crippen molar-refractivity contribution in [1.29, 1.82) is 0 Å². The average molecular weight is 391 g/mol. The van der Waals surface area contributed by atoms with Crippen LogP contribution in [-0.4, -0.2) is 29.9 Å². The molecule has 7 heteroatoms. The second-order valence-electron chi connectivity index (χ2n) is 5.88. The first-order chi connectivity index (χ1) is 12.5. The van der Waals surface area contributed by atoms with Crippen molar-refractivity contribution < 1.29 is 13.9 Å². The third kappa shape index (κ3) is 4.11. The minimum absolute atomic E-state index is 0.0253. The molecular formula is C19H19FN2O2S2. The number of nitrogens with zero attached hydrogens (tertiary/aromatic N) is 2. The van der Waals surface area contributed by atoms with Crippen molar-refractivity contribution in [3.63, 3.8) is 0 Å². The topological polar surface area (TPSA) is 42.4 Å². The van der Waals surface area contributed by atoms with Crippen LogP contribution in [0.5, 0.6) is 5.75 Å². The number of hydrogen-bond donors (Lipinski definition) is 0. The Morgan fingerprint density at radius 3 is 2.81 bits per heavy atom. The predicted octanol–water partition coefficient (Wildman–Crippen LogP) is 4.53. The molecule has 0 fully saturated rings. The summed E-state index contributed by atoms with van der Waals surface area (Å²) in [4.78, 5) is 20.9. The lowest BCUT2D eigenvalue weighted by molar-refractivity contribution is -0.129. The van der Waals surface area contributed by atoms with E-state index in [0.29, 0.717) is 6.54 Å². The maximum absolute atomic E-state index is 13.8. The molecule has 2 heterocycles. The first-order valence-corrected chi connectivity index (χ1v) is 9.74. The van der Waals surface area contributed by atoms with Gasteiger partial charge in [0, 0.05) is 18.5 Å². The summed E-state index contributed by atoms with van der Waals surface area (Å²) in [6.07, 6.45) is 0.286. The smallest absolute Gasteiger partial charge is 0.227 e. The van der Waals surface area contributed by atoms with Crippen molar-refractivity contribution in [2.24, 2.45) is 0 Å². The molecule has 0 bridgehead atoms. The van der Waals surface area contributed by atoms with Crippen LogP contribution >= 0.6 is 22.7 Å². The SMILES string of the molecule is COc1ccc(CN(C)C(=O)Cc2sc(C)nc2-c2cccs2)cc1F. The molecule has 0 saturated carbocycles. The normalized spacial score (nSPS) is 10.8. The monoisotopic (exact) mass is 390 g/mol. The number of methoxy groups -OCH3 is 1. The van der Waals surface area contributed by atoms with E-state index in [0.717, 1.165) is 26.0 Å². The molecule has 1 aromatic carbocycles. The van der Waals surface area contributed by atoms with Gasteiger partial charge in [0.1, 0.15) is 0 Å². The van der Waals surface area contributed by atoms with E-state index in [4.69, 9.17) is 4.74 Å². The van der Waals surface area contributed by atoms with Crippen LogP contribution in [0.15, 0.2) is 35.7 Å². The van der Waals surface area contributed by atoms with Crippen molar-refractivity contribution in [1.82, 2.24) is 9.88 Å². The van der Waals surface area contributed by atoms with Crippen LogP contribution in [-0.2, 0) is 17.8 Å². The molecule has 0 radical (unpaired) electrons. The zero-order valence-corrected chi connectivity index (χ0v) is 16.4. The van der Waals surface area contributed by atoms with E-state index in [9.17, 15) is 9.18 Å². The average Bonchev–Trinajstić information content (AvgIpc) is 3.24. The van der Waals surface area contributed by atoms with E-state index < -0.39 is 5.82 Å². The van der Waals surface area contributed by atoms with Crippen molar-refractivity contribution in [2.45, 2.75) is 19.9 Å². The zero-order chi connectivity index (χ0) is 18.7. The Kier molecular flexibility index (Phi) is 5.68. The van der Waals surface area contributed by atoms with E-state index in [1.54, 1.807) is 46.8 Å². The highest BCUT2D eigenvalue weighted by molar-refractivity contribution is 7.15. The number of hydrogen-bond acceptors (Lipinski definition) is 5. The Balaban J connectivity index is 1.71. The molecule has 2 aromatic heterocycles. The Hall–Kier alpha value is -2.25. The first-order valence-electron chi connectivity index (χ1n) is 8.04. The molecular weight excluding hydrogens is 371 g/mol. The summed E-state index contributed by atoms with van der Waals surface area (Å²) < 4.78 is 18.7. The van der Waals surface area contributed by atoms with Crippen molar-refractivity contribution in [2.75, 3.05) is 14.2 Å². The fourth-order valence-corrected chi connectivity index (χ4v) is 4.38. The molecule has 26 heavy (non-hydrogen) atoms. The van der Waals surface area contributed by atoms with Crippen LogP contribution in [0.2, 0.25) is 0 Å². The lowest BCUT2D eigenvalue weighted by Crippen LogP contribution is -2.27. The van der Waals surface area contributed by atoms with Crippen molar-refractivity contribution in [3.8, 4) is 16.3 Å². The minimum Gasteiger partial charge on any atom is -0.494 e. The number of aromatic nitrogens is 1. The zero-order valence-electron chi connectivity index (χ0n) is 14.8. The van der Waals surface area contributed by atoms with Crippen LogP contribution in [0.25, 0.3) is 10.6 Å². The van der Waals surface area contributed by atoms with Crippen LogP contribution in [0.3, 0.4) is 0 Å². The summed E-state index contributed by atoms with van der Waals surface area (Å²) in [5.74, 6) is -0.255. The Bertz CT molecular complexity index is 906. The van der Waals surface area contributed by atoms with Gasteiger partial charge in [-0.25, -0.2) is 9.37 Å². The fraction of sp³-hybridized carbons (Fsp3) is 0.263. The molecule has 0 N–H and O–H groups in total. The van der Waals surface area contributed by atoms with Gasteiger partial charge in [-0.1, -0.05) is 12.1 Å². The van der Waals surface area contributed by atoms with Gasteiger partial charge in [0.25, 0.3) is 0 Å². The molecule has 3 rings (SSSR count). The van der Waals surface area contributed by atoms with Crippen LogP contribution < -0.4 is 4.74 Å². The predicted molar refractivity (Wildman–Crippen MR) is 103 cm³/mol. The minimum atomic E-state index is -0.427. The van der Waals surface area contributed by atoms with Gasteiger partial charge in [0.05, 0.1) is 29.1 Å². The largest absolute Gasteiger partial charge is 0.494 e. The van der Waals surface area contributed by atoms with E-state index in [2.05, 4.69) is 4.98 Å². The summed E-state index contributed by atoms with van der Waals surface area (Å²) in [7, 11) is 3.15. The Morgan fingerprint density at radius 2 is 2.15 bits per heavy atom. The van der Waals surface area contributed by atoms with Gasteiger partial charge >= 0.3 is 0 Å². The molecule has 4 nitrogen and oxygen atoms in total.